The number of rotatable bonds is 1. The first kappa shape index (κ1) is 13.6. The van der Waals surface area contributed by atoms with E-state index in [1.807, 2.05) is 0 Å². The maximum absolute atomic E-state index is 12.5. The van der Waals surface area contributed by atoms with Crippen LogP contribution in [-0.4, -0.2) is 22.1 Å². The fourth-order valence-electron chi connectivity index (χ4n) is 2.24. The Kier molecular flexibility index (Phi) is 3.13. The Labute approximate surface area is 127 Å². The van der Waals surface area contributed by atoms with Crippen LogP contribution in [0, 0.1) is 0 Å². The number of halogens is 1. The van der Waals surface area contributed by atoms with Crippen molar-refractivity contribution in [3.8, 4) is 0 Å². The lowest BCUT2D eigenvalue weighted by atomic mass is 10.0. The van der Waals surface area contributed by atoms with Gasteiger partial charge >= 0.3 is 0 Å². The van der Waals surface area contributed by atoms with Gasteiger partial charge in [-0.25, -0.2) is 4.90 Å². The third-order valence-electron chi connectivity index (χ3n) is 3.12. The monoisotopic (exact) mass is 348 g/mol. The molecule has 1 aliphatic rings. The highest BCUT2D eigenvalue weighted by atomic mass is 79.9. The Bertz CT molecular complexity index is 780. The highest BCUT2D eigenvalue weighted by molar-refractivity contribution is 9.10. The lowest BCUT2D eigenvalue weighted by Crippen LogP contribution is -2.31. The van der Waals surface area contributed by atoms with Gasteiger partial charge in [-0.2, -0.15) is 0 Å². The first-order valence-corrected chi connectivity index (χ1v) is 6.79. The molecule has 0 bridgehead atoms. The SMILES string of the molecule is CC(=O)N1C(=O)/C(=C(\O)c2ccon2)c2cc(Br)ccc21. The molecule has 0 unspecified atom stereocenters. The maximum atomic E-state index is 12.5. The van der Waals surface area contributed by atoms with Gasteiger partial charge in [-0.3, -0.25) is 9.59 Å². The quantitative estimate of drug-likeness (QED) is 0.632. The predicted molar refractivity (Wildman–Crippen MR) is 78.3 cm³/mol. The van der Waals surface area contributed by atoms with Crippen LogP contribution in [0.5, 0.6) is 0 Å². The Morgan fingerprint density at radius 2 is 2.14 bits per heavy atom. The van der Waals surface area contributed by atoms with Gasteiger partial charge in [-0.05, 0) is 18.2 Å². The second kappa shape index (κ2) is 4.85. The van der Waals surface area contributed by atoms with Crippen molar-refractivity contribution in [1.29, 1.82) is 0 Å². The summed E-state index contributed by atoms with van der Waals surface area (Å²) in [4.78, 5) is 25.2. The lowest BCUT2D eigenvalue weighted by Gasteiger charge is -2.11. The molecule has 0 fully saturated rings. The van der Waals surface area contributed by atoms with Crippen LogP contribution in [0.1, 0.15) is 18.2 Å². The second-order valence-corrected chi connectivity index (χ2v) is 5.35. The maximum Gasteiger partial charge on any atom is 0.269 e. The van der Waals surface area contributed by atoms with Gasteiger partial charge in [0.2, 0.25) is 5.91 Å². The molecule has 2 amide bonds. The van der Waals surface area contributed by atoms with E-state index in [-0.39, 0.29) is 17.0 Å². The number of nitrogens with zero attached hydrogens (tertiary/aromatic N) is 2. The highest BCUT2D eigenvalue weighted by Gasteiger charge is 2.38. The van der Waals surface area contributed by atoms with Gasteiger partial charge in [0.25, 0.3) is 5.91 Å². The van der Waals surface area contributed by atoms with E-state index in [4.69, 9.17) is 0 Å². The molecular formula is C14H9BrN2O4. The van der Waals surface area contributed by atoms with Gasteiger partial charge in [0.15, 0.2) is 5.76 Å². The molecular weight excluding hydrogens is 340 g/mol. The van der Waals surface area contributed by atoms with Crippen molar-refractivity contribution in [2.24, 2.45) is 0 Å². The molecule has 7 heteroatoms. The fraction of sp³-hybridized carbons (Fsp3) is 0.0714. The third-order valence-corrected chi connectivity index (χ3v) is 3.61. The zero-order valence-corrected chi connectivity index (χ0v) is 12.4. The standard InChI is InChI=1S/C14H9BrN2O4/c1-7(18)17-11-3-2-8(15)6-9(11)12(14(17)20)13(19)10-4-5-21-16-10/h2-6,19H,1H3/b13-12-. The minimum atomic E-state index is -0.587. The average Bonchev–Trinajstić information content (AvgIpc) is 3.03. The van der Waals surface area contributed by atoms with Crippen LogP contribution >= 0.6 is 15.9 Å². The summed E-state index contributed by atoms with van der Waals surface area (Å²) in [6.07, 6.45) is 1.29. The molecule has 0 saturated carbocycles. The number of benzene rings is 1. The lowest BCUT2D eigenvalue weighted by molar-refractivity contribution is -0.122. The molecule has 21 heavy (non-hydrogen) atoms. The molecule has 1 N–H and O–H groups in total. The van der Waals surface area contributed by atoms with Crippen molar-refractivity contribution < 1.29 is 19.2 Å². The molecule has 6 nitrogen and oxygen atoms in total. The van der Waals surface area contributed by atoms with Gasteiger partial charge in [0.1, 0.15) is 12.0 Å². The summed E-state index contributed by atoms with van der Waals surface area (Å²) in [6, 6.07) is 6.46. The smallest absolute Gasteiger partial charge is 0.269 e. The van der Waals surface area contributed by atoms with Crippen LogP contribution in [0.2, 0.25) is 0 Å². The van der Waals surface area contributed by atoms with Crippen molar-refractivity contribution in [3.05, 3.63) is 46.3 Å². The largest absolute Gasteiger partial charge is 0.505 e. The van der Waals surface area contributed by atoms with Crippen molar-refractivity contribution in [1.82, 2.24) is 5.16 Å². The van der Waals surface area contributed by atoms with Crippen LogP contribution in [0.4, 0.5) is 5.69 Å². The molecule has 1 aliphatic heterocycles. The van der Waals surface area contributed by atoms with Gasteiger partial charge in [-0.1, -0.05) is 21.1 Å². The van der Waals surface area contributed by atoms with Gasteiger partial charge in [0.05, 0.1) is 11.3 Å². The number of carbonyl (C=O) groups is 2. The number of aliphatic hydroxyl groups is 1. The van der Waals surface area contributed by atoms with Crippen LogP contribution in [-0.2, 0) is 9.59 Å². The van der Waals surface area contributed by atoms with Crippen LogP contribution < -0.4 is 4.90 Å². The second-order valence-electron chi connectivity index (χ2n) is 4.43. The van der Waals surface area contributed by atoms with Gasteiger partial charge in [0, 0.05) is 23.0 Å². The molecule has 106 valence electrons. The number of carbonyl (C=O) groups excluding carboxylic acids is 2. The van der Waals surface area contributed by atoms with Crippen LogP contribution in [0.3, 0.4) is 0 Å². The number of hydrogen-bond acceptors (Lipinski definition) is 5. The highest BCUT2D eigenvalue weighted by Crippen LogP contribution is 2.41. The number of amides is 2. The molecule has 3 rings (SSSR count). The summed E-state index contributed by atoms with van der Waals surface area (Å²) in [7, 11) is 0. The normalized spacial score (nSPS) is 16.1. The molecule has 0 radical (unpaired) electrons. The van der Waals surface area contributed by atoms with E-state index in [1.54, 1.807) is 18.2 Å². The van der Waals surface area contributed by atoms with Crippen molar-refractivity contribution in [2.45, 2.75) is 6.92 Å². The summed E-state index contributed by atoms with van der Waals surface area (Å²) in [6.45, 7) is 1.29. The minimum absolute atomic E-state index is 0.0235. The van der Waals surface area contributed by atoms with Crippen molar-refractivity contribution >= 4 is 44.8 Å². The Balaban J connectivity index is 2.29. The molecule has 1 aromatic heterocycles. The number of hydrogen-bond donors (Lipinski definition) is 1. The summed E-state index contributed by atoms with van der Waals surface area (Å²) < 4.78 is 5.40. The van der Waals surface area contributed by atoms with E-state index in [1.165, 1.54) is 19.3 Å². The molecule has 1 aromatic carbocycles. The molecule has 0 atom stereocenters. The Hall–Kier alpha value is -2.41. The van der Waals surface area contributed by atoms with Crippen LogP contribution in [0.15, 0.2) is 39.5 Å². The first-order valence-electron chi connectivity index (χ1n) is 5.99. The zero-order valence-electron chi connectivity index (χ0n) is 10.8. The fourth-order valence-corrected chi connectivity index (χ4v) is 2.61. The number of anilines is 1. The van der Waals surface area contributed by atoms with E-state index in [2.05, 4.69) is 25.6 Å². The van der Waals surface area contributed by atoms with Crippen molar-refractivity contribution in [3.63, 3.8) is 0 Å². The summed E-state index contributed by atoms with van der Waals surface area (Å²) in [5, 5.41) is 13.9. The van der Waals surface area contributed by atoms with E-state index in [0.29, 0.717) is 11.3 Å². The number of fused-ring (bicyclic) bond motifs is 1. The van der Waals surface area contributed by atoms with E-state index >= 15 is 0 Å². The first-order chi connectivity index (χ1) is 10.0. The predicted octanol–water partition coefficient (Wildman–Crippen LogP) is 2.76. The molecule has 2 heterocycles. The molecule has 2 aromatic rings. The van der Waals surface area contributed by atoms with E-state index in [0.717, 1.165) is 9.37 Å². The van der Waals surface area contributed by atoms with Crippen molar-refractivity contribution in [2.75, 3.05) is 4.90 Å². The molecule has 0 aliphatic carbocycles. The van der Waals surface area contributed by atoms with Gasteiger partial charge < -0.3 is 9.63 Å². The number of aliphatic hydroxyl groups excluding tert-OH is 1. The zero-order chi connectivity index (χ0) is 15.1. The topological polar surface area (TPSA) is 83.6 Å². The van der Waals surface area contributed by atoms with Gasteiger partial charge in [-0.15, -0.1) is 0 Å². The van der Waals surface area contributed by atoms with E-state index < -0.39 is 11.8 Å². The third kappa shape index (κ3) is 2.06. The Morgan fingerprint density at radius 3 is 2.76 bits per heavy atom. The van der Waals surface area contributed by atoms with E-state index in [9.17, 15) is 14.7 Å². The molecule has 0 spiro atoms. The summed E-state index contributed by atoms with van der Waals surface area (Å²) >= 11 is 3.31. The van der Waals surface area contributed by atoms with Crippen LogP contribution in [0.25, 0.3) is 11.3 Å². The molecule has 0 saturated heterocycles. The summed E-state index contributed by atoms with van der Waals surface area (Å²) in [5.74, 6) is -1.33. The number of imide groups is 1. The number of aromatic nitrogens is 1. The Morgan fingerprint density at radius 1 is 1.38 bits per heavy atom. The average molecular weight is 349 g/mol. The minimum Gasteiger partial charge on any atom is -0.505 e. The summed E-state index contributed by atoms with van der Waals surface area (Å²) in [5.41, 5.74) is 1.05.